The molecular formula is C16H17ClN2O2. The summed E-state index contributed by atoms with van der Waals surface area (Å²) in [6.45, 7) is 3.93. The van der Waals surface area contributed by atoms with E-state index in [1.807, 2.05) is 30.6 Å². The Labute approximate surface area is 129 Å². The molecular weight excluding hydrogens is 288 g/mol. The fourth-order valence-electron chi connectivity index (χ4n) is 2.40. The van der Waals surface area contributed by atoms with Crippen molar-refractivity contribution >= 4 is 11.6 Å². The fraction of sp³-hybridized carbons (Fsp3) is 0.312. The first-order chi connectivity index (χ1) is 10.1. The van der Waals surface area contributed by atoms with Crippen LogP contribution in [0.1, 0.15) is 16.7 Å². The van der Waals surface area contributed by atoms with E-state index in [1.165, 1.54) is 11.1 Å². The van der Waals surface area contributed by atoms with Gasteiger partial charge in [0.25, 0.3) is 0 Å². The third-order valence-electron chi connectivity index (χ3n) is 3.56. The molecule has 1 aromatic carbocycles. The van der Waals surface area contributed by atoms with Crippen molar-refractivity contribution in [1.29, 1.82) is 0 Å². The van der Waals surface area contributed by atoms with Crippen molar-refractivity contribution < 1.29 is 9.47 Å². The Bertz CT molecular complexity index is 661. The summed E-state index contributed by atoms with van der Waals surface area (Å²) in [4.78, 5) is 6.33. The van der Waals surface area contributed by atoms with E-state index in [9.17, 15) is 0 Å². The molecule has 21 heavy (non-hydrogen) atoms. The molecule has 5 heteroatoms. The van der Waals surface area contributed by atoms with Gasteiger partial charge in [-0.05, 0) is 42.8 Å². The van der Waals surface area contributed by atoms with E-state index in [2.05, 4.69) is 23.9 Å². The van der Waals surface area contributed by atoms with Crippen LogP contribution in [0, 0.1) is 6.92 Å². The maximum atomic E-state index is 6.31. The number of halogens is 1. The van der Waals surface area contributed by atoms with Crippen LogP contribution in [-0.2, 0) is 13.1 Å². The van der Waals surface area contributed by atoms with Crippen molar-refractivity contribution in [3.05, 3.63) is 52.3 Å². The molecule has 0 N–H and O–H groups in total. The van der Waals surface area contributed by atoms with Crippen molar-refractivity contribution in [2.45, 2.75) is 20.0 Å². The number of rotatable bonds is 4. The summed E-state index contributed by atoms with van der Waals surface area (Å²) in [6.07, 6.45) is 3.71. The standard InChI is InChI=1S/C16H17ClN2O2/c1-11-7-18-4-3-12(11)8-19(2)9-13-5-15-16(6-14(13)17)21-10-20-15/h3-7H,8-10H2,1-2H3. The third kappa shape index (κ3) is 3.12. The van der Waals surface area contributed by atoms with Crippen LogP contribution in [0.4, 0.5) is 0 Å². The molecule has 0 radical (unpaired) electrons. The SMILES string of the molecule is Cc1cnccc1CN(C)Cc1cc2c(cc1Cl)OCO2. The maximum absolute atomic E-state index is 6.31. The molecule has 2 aromatic rings. The first-order valence-electron chi connectivity index (χ1n) is 6.79. The molecule has 1 aromatic heterocycles. The van der Waals surface area contributed by atoms with Crippen LogP contribution in [0.25, 0.3) is 0 Å². The lowest BCUT2D eigenvalue weighted by molar-refractivity contribution is 0.174. The lowest BCUT2D eigenvalue weighted by Gasteiger charge is -2.19. The van der Waals surface area contributed by atoms with Crippen LogP contribution in [0.15, 0.2) is 30.6 Å². The zero-order valence-electron chi connectivity index (χ0n) is 12.1. The molecule has 2 heterocycles. The quantitative estimate of drug-likeness (QED) is 0.867. The number of ether oxygens (including phenoxy) is 2. The highest BCUT2D eigenvalue weighted by Crippen LogP contribution is 2.37. The molecule has 0 atom stereocenters. The predicted octanol–water partition coefficient (Wildman–Crippen LogP) is 3.40. The van der Waals surface area contributed by atoms with Crippen LogP contribution in [0.2, 0.25) is 5.02 Å². The smallest absolute Gasteiger partial charge is 0.231 e. The second kappa shape index (κ2) is 5.92. The first-order valence-corrected chi connectivity index (χ1v) is 7.17. The lowest BCUT2D eigenvalue weighted by Crippen LogP contribution is -2.18. The van der Waals surface area contributed by atoms with Crippen LogP contribution < -0.4 is 9.47 Å². The summed E-state index contributed by atoms with van der Waals surface area (Å²) in [7, 11) is 2.07. The van der Waals surface area contributed by atoms with Gasteiger partial charge >= 0.3 is 0 Å². The molecule has 0 saturated carbocycles. The van der Waals surface area contributed by atoms with Gasteiger partial charge in [0.2, 0.25) is 6.79 Å². The monoisotopic (exact) mass is 304 g/mol. The van der Waals surface area contributed by atoms with Gasteiger partial charge in [0, 0.05) is 36.6 Å². The van der Waals surface area contributed by atoms with Gasteiger partial charge in [-0.3, -0.25) is 9.88 Å². The van der Waals surface area contributed by atoms with E-state index in [0.717, 1.165) is 30.2 Å². The number of benzene rings is 1. The van der Waals surface area contributed by atoms with Gasteiger partial charge in [-0.15, -0.1) is 0 Å². The van der Waals surface area contributed by atoms with Crippen LogP contribution in [-0.4, -0.2) is 23.7 Å². The van der Waals surface area contributed by atoms with Crippen molar-refractivity contribution in [3.63, 3.8) is 0 Å². The van der Waals surface area contributed by atoms with Crippen molar-refractivity contribution in [2.75, 3.05) is 13.8 Å². The van der Waals surface area contributed by atoms with Crippen LogP contribution in [0.5, 0.6) is 11.5 Å². The van der Waals surface area contributed by atoms with E-state index < -0.39 is 0 Å². The molecule has 1 aliphatic rings. The summed E-state index contributed by atoms with van der Waals surface area (Å²) < 4.78 is 10.7. The van der Waals surface area contributed by atoms with E-state index in [4.69, 9.17) is 21.1 Å². The second-order valence-corrected chi connectivity index (χ2v) is 5.68. The van der Waals surface area contributed by atoms with E-state index in [1.54, 1.807) is 0 Å². The zero-order chi connectivity index (χ0) is 14.8. The molecule has 0 amide bonds. The molecule has 1 aliphatic heterocycles. The van der Waals surface area contributed by atoms with Gasteiger partial charge in [-0.2, -0.15) is 0 Å². The van der Waals surface area contributed by atoms with Crippen molar-refractivity contribution in [1.82, 2.24) is 9.88 Å². The fourth-order valence-corrected chi connectivity index (χ4v) is 2.61. The highest BCUT2D eigenvalue weighted by Gasteiger charge is 2.17. The summed E-state index contributed by atoms with van der Waals surface area (Å²) in [5.74, 6) is 1.49. The number of aryl methyl sites for hydroxylation is 1. The predicted molar refractivity (Wildman–Crippen MR) is 81.7 cm³/mol. The van der Waals surface area contributed by atoms with Gasteiger partial charge in [0.1, 0.15) is 0 Å². The van der Waals surface area contributed by atoms with Crippen LogP contribution in [0.3, 0.4) is 0 Å². The second-order valence-electron chi connectivity index (χ2n) is 5.27. The summed E-state index contributed by atoms with van der Waals surface area (Å²) in [5, 5.41) is 0.706. The Morgan fingerprint density at radius 2 is 1.90 bits per heavy atom. The molecule has 0 aliphatic carbocycles. The minimum absolute atomic E-state index is 0.265. The Morgan fingerprint density at radius 1 is 1.19 bits per heavy atom. The van der Waals surface area contributed by atoms with E-state index in [0.29, 0.717) is 5.02 Å². The Balaban J connectivity index is 1.73. The molecule has 3 rings (SSSR count). The minimum Gasteiger partial charge on any atom is -0.454 e. The largest absolute Gasteiger partial charge is 0.454 e. The lowest BCUT2D eigenvalue weighted by atomic mass is 10.1. The average Bonchev–Trinajstić information content (AvgIpc) is 2.89. The summed E-state index contributed by atoms with van der Waals surface area (Å²) in [5.41, 5.74) is 3.50. The van der Waals surface area contributed by atoms with Crippen molar-refractivity contribution in [2.24, 2.45) is 0 Å². The normalized spacial score (nSPS) is 13.0. The summed E-state index contributed by atoms with van der Waals surface area (Å²) >= 11 is 6.31. The summed E-state index contributed by atoms with van der Waals surface area (Å²) in [6, 6.07) is 5.83. The van der Waals surface area contributed by atoms with Crippen LogP contribution >= 0.6 is 11.6 Å². The number of fused-ring (bicyclic) bond motifs is 1. The van der Waals surface area contributed by atoms with Gasteiger partial charge in [0.15, 0.2) is 11.5 Å². The Kier molecular flexibility index (Phi) is 3.99. The van der Waals surface area contributed by atoms with E-state index in [-0.39, 0.29) is 6.79 Å². The zero-order valence-corrected chi connectivity index (χ0v) is 12.9. The van der Waals surface area contributed by atoms with Gasteiger partial charge < -0.3 is 9.47 Å². The number of pyridine rings is 1. The average molecular weight is 305 g/mol. The van der Waals surface area contributed by atoms with Gasteiger partial charge in [-0.1, -0.05) is 11.6 Å². The maximum Gasteiger partial charge on any atom is 0.231 e. The minimum atomic E-state index is 0.265. The Hall–Kier alpha value is -1.78. The highest BCUT2D eigenvalue weighted by atomic mass is 35.5. The number of hydrogen-bond donors (Lipinski definition) is 0. The molecule has 0 saturated heterocycles. The first kappa shape index (κ1) is 14.2. The number of nitrogens with zero attached hydrogens (tertiary/aromatic N) is 2. The van der Waals surface area contributed by atoms with Gasteiger partial charge in [0.05, 0.1) is 0 Å². The molecule has 0 spiro atoms. The number of hydrogen-bond acceptors (Lipinski definition) is 4. The molecule has 0 bridgehead atoms. The van der Waals surface area contributed by atoms with Gasteiger partial charge in [-0.25, -0.2) is 0 Å². The van der Waals surface area contributed by atoms with E-state index >= 15 is 0 Å². The molecule has 110 valence electrons. The van der Waals surface area contributed by atoms with Crippen molar-refractivity contribution in [3.8, 4) is 11.5 Å². The molecule has 0 fully saturated rings. The number of aromatic nitrogens is 1. The third-order valence-corrected chi connectivity index (χ3v) is 3.91. The highest BCUT2D eigenvalue weighted by molar-refractivity contribution is 6.31. The molecule has 4 nitrogen and oxygen atoms in total. The molecule has 0 unspecified atom stereocenters. The topological polar surface area (TPSA) is 34.6 Å². The Morgan fingerprint density at radius 3 is 2.67 bits per heavy atom.